The summed E-state index contributed by atoms with van der Waals surface area (Å²) >= 11 is 0. The Labute approximate surface area is 131 Å². The number of hydrogen-bond acceptors (Lipinski definition) is 3. The SMILES string of the molecule is CC(C)CN(CC(=O)O)C(=O)C(C)CCOc1ccccc1. The number of rotatable bonds is 9. The van der Waals surface area contributed by atoms with Gasteiger partial charge in [-0.15, -0.1) is 0 Å². The van der Waals surface area contributed by atoms with Gasteiger partial charge in [0.1, 0.15) is 12.3 Å². The van der Waals surface area contributed by atoms with Gasteiger partial charge in [0.15, 0.2) is 0 Å². The lowest BCUT2D eigenvalue weighted by molar-refractivity contribution is -0.146. The molecule has 1 aromatic rings. The molecule has 122 valence electrons. The second-order valence-electron chi connectivity index (χ2n) is 5.86. The molecule has 1 rings (SSSR count). The number of benzene rings is 1. The average molecular weight is 307 g/mol. The standard InChI is InChI=1S/C17H25NO4/c1-13(2)11-18(12-16(19)20)17(21)14(3)9-10-22-15-7-5-4-6-8-15/h4-8,13-14H,9-12H2,1-3H3,(H,19,20). The minimum Gasteiger partial charge on any atom is -0.494 e. The van der Waals surface area contributed by atoms with E-state index in [1.54, 1.807) is 0 Å². The molecule has 0 bridgehead atoms. The topological polar surface area (TPSA) is 66.8 Å². The van der Waals surface area contributed by atoms with E-state index in [1.165, 1.54) is 4.90 Å². The number of ether oxygens (including phenoxy) is 1. The van der Waals surface area contributed by atoms with E-state index in [9.17, 15) is 9.59 Å². The third-order valence-corrected chi connectivity index (χ3v) is 3.21. The number of carbonyl (C=O) groups is 2. The predicted molar refractivity (Wildman–Crippen MR) is 84.8 cm³/mol. The van der Waals surface area contributed by atoms with Crippen LogP contribution < -0.4 is 4.74 Å². The molecule has 1 N–H and O–H groups in total. The van der Waals surface area contributed by atoms with E-state index in [-0.39, 0.29) is 24.3 Å². The molecule has 22 heavy (non-hydrogen) atoms. The van der Waals surface area contributed by atoms with Gasteiger partial charge >= 0.3 is 5.97 Å². The number of carbonyl (C=O) groups excluding carboxylic acids is 1. The second kappa shape index (κ2) is 9.07. The third kappa shape index (κ3) is 6.61. The van der Waals surface area contributed by atoms with Crippen LogP contribution in [0.4, 0.5) is 0 Å². The van der Waals surface area contributed by atoms with E-state index < -0.39 is 5.97 Å². The molecule has 0 aromatic heterocycles. The van der Waals surface area contributed by atoms with Crippen molar-refractivity contribution in [3.63, 3.8) is 0 Å². The summed E-state index contributed by atoms with van der Waals surface area (Å²) in [6.45, 7) is 6.37. The Morgan fingerprint density at radius 3 is 2.36 bits per heavy atom. The number of aliphatic carboxylic acids is 1. The second-order valence-corrected chi connectivity index (χ2v) is 5.86. The molecule has 0 spiro atoms. The van der Waals surface area contributed by atoms with E-state index >= 15 is 0 Å². The first-order chi connectivity index (χ1) is 10.4. The molecule has 0 fully saturated rings. The van der Waals surface area contributed by atoms with E-state index in [1.807, 2.05) is 51.1 Å². The van der Waals surface area contributed by atoms with Crippen LogP contribution in [0.5, 0.6) is 5.75 Å². The molecule has 1 atom stereocenters. The maximum atomic E-state index is 12.4. The quantitative estimate of drug-likeness (QED) is 0.761. The van der Waals surface area contributed by atoms with Crippen molar-refractivity contribution in [1.29, 1.82) is 0 Å². The van der Waals surface area contributed by atoms with Crippen molar-refractivity contribution >= 4 is 11.9 Å². The lowest BCUT2D eigenvalue weighted by atomic mass is 10.1. The summed E-state index contributed by atoms with van der Waals surface area (Å²) < 4.78 is 5.58. The normalized spacial score (nSPS) is 12.0. The Morgan fingerprint density at radius 2 is 1.82 bits per heavy atom. The lowest BCUT2D eigenvalue weighted by Gasteiger charge is -2.26. The molecule has 0 aliphatic heterocycles. The summed E-state index contributed by atoms with van der Waals surface area (Å²) in [5.74, 6) is -0.376. The van der Waals surface area contributed by atoms with Gasteiger partial charge < -0.3 is 14.7 Å². The minimum absolute atomic E-state index is 0.132. The molecule has 5 heteroatoms. The fraction of sp³-hybridized carbons (Fsp3) is 0.529. The Kier molecular flexibility index (Phi) is 7.43. The van der Waals surface area contributed by atoms with Gasteiger partial charge in [0, 0.05) is 12.5 Å². The highest BCUT2D eigenvalue weighted by Gasteiger charge is 2.23. The predicted octanol–water partition coefficient (Wildman–Crippen LogP) is 2.66. The summed E-state index contributed by atoms with van der Waals surface area (Å²) in [5.41, 5.74) is 0. The van der Waals surface area contributed by atoms with E-state index in [4.69, 9.17) is 9.84 Å². The summed E-state index contributed by atoms with van der Waals surface area (Å²) in [5, 5.41) is 8.93. The first kappa shape index (κ1) is 18.0. The van der Waals surface area contributed by atoms with Crippen LogP contribution in [0.3, 0.4) is 0 Å². The Balaban J connectivity index is 2.48. The number of nitrogens with zero attached hydrogens (tertiary/aromatic N) is 1. The van der Waals surface area contributed by atoms with Crippen LogP contribution in [0.25, 0.3) is 0 Å². The average Bonchev–Trinajstić information content (AvgIpc) is 2.45. The van der Waals surface area contributed by atoms with Gasteiger partial charge in [-0.3, -0.25) is 9.59 Å². The lowest BCUT2D eigenvalue weighted by Crippen LogP contribution is -2.41. The summed E-state index contributed by atoms with van der Waals surface area (Å²) in [7, 11) is 0. The highest BCUT2D eigenvalue weighted by atomic mass is 16.5. The zero-order valence-electron chi connectivity index (χ0n) is 13.5. The first-order valence-electron chi connectivity index (χ1n) is 7.58. The van der Waals surface area contributed by atoms with Gasteiger partial charge in [0.25, 0.3) is 0 Å². The number of carboxylic acids is 1. The molecule has 1 unspecified atom stereocenters. The van der Waals surface area contributed by atoms with Gasteiger partial charge in [-0.05, 0) is 24.5 Å². The Hall–Kier alpha value is -2.04. The maximum Gasteiger partial charge on any atom is 0.323 e. The number of para-hydroxylation sites is 1. The van der Waals surface area contributed by atoms with Crippen molar-refractivity contribution < 1.29 is 19.4 Å². The summed E-state index contributed by atoms with van der Waals surface area (Å²) in [6.07, 6.45) is 0.557. The van der Waals surface area contributed by atoms with Crippen LogP contribution in [-0.2, 0) is 9.59 Å². The largest absolute Gasteiger partial charge is 0.494 e. The summed E-state index contributed by atoms with van der Waals surface area (Å²) in [6, 6.07) is 9.42. The van der Waals surface area contributed by atoms with Gasteiger partial charge in [-0.2, -0.15) is 0 Å². The molecule has 0 aliphatic carbocycles. The fourth-order valence-electron chi connectivity index (χ4n) is 2.14. The van der Waals surface area contributed by atoms with E-state index in [0.717, 1.165) is 5.75 Å². The van der Waals surface area contributed by atoms with Crippen molar-refractivity contribution in [1.82, 2.24) is 4.90 Å². The molecule has 0 saturated carbocycles. The molecular weight excluding hydrogens is 282 g/mol. The van der Waals surface area contributed by atoms with Crippen molar-refractivity contribution in [2.45, 2.75) is 27.2 Å². The maximum absolute atomic E-state index is 12.4. The van der Waals surface area contributed by atoms with Gasteiger partial charge in [-0.1, -0.05) is 39.0 Å². The Morgan fingerprint density at radius 1 is 1.18 bits per heavy atom. The van der Waals surface area contributed by atoms with E-state index in [2.05, 4.69) is 0 Å². The molecular formula is C17H25NO4. The fourth-order valence-corrected chi connectivity index (χ4v) is 2.14. The summed E-state index contributed by atoms with van der Waals surface area (Å²) in [4.78, 5) is 24.7. The van der Waals surface area contributed by atoms with Crippen molar-refractivity contribution in [3.8, 4) is 5.75 Å². The monoisotopic (exact) mass is 307 g/mol. The van der Waals surface area contributed by atoms with Crippen molar-refractivity contribution in [3.05, 3.63) is 30.3 Å². The highest BCUT2D eigenvalue weighted by Crippen LogP contribution is 2.13. The number of carboxylic acid groups (broad SMARTS) is 1. The molecule has 0 heterocycles. The van der Waals surface area contributed by atoms with Crippen LogP contribution in [0.15, 0.2) is 30.3 Å². The number of hydrogen-bond donors (Lipinski definition) is 1. The zero-order chi connectivity index (χ0) is 16.5. The van der Waals surface area contributed by atoms with Crippen LogP contribution in [0, 0.1) is 11.8 Å². The van der Waals surface area contributed by atoms with Crippen LogP contribution in [-0.4, -0.2) is 41.6 Å². The van der Waals surface area contributed by atoms with Gasteiger partial charge in [0.2, 0.25) is 5.91 Å². The zero-order valence-corrected chi connectivity index (χ0v) is 13.5. The van der Waals surface area contributed by atoms with Crippen LogP contribution in [0.2, 0.25) is 0 Å². The van der Waals surface area contributed by atoms with Crippen molar-refractivity contribution in [2.75, 3.05) is 19.7 Å². The van der Waals surface area contributed by atoms with Crippen molar-refractivity contribution in [2.24, 2.45) is 11.8 Å². The van der Waals surface area contributed by atoms with Crippen LogP contribution >= 0.6 is 0 Å². The van der Waals surface area contributed by atoms with E-state index in [0.29, 0.717) is 19.6 Å². The molecule has 1 amide bonds. The molecule has 5 nitrogen and oxygen atoms in total. The first-order valence-corrected chi connectivity index (χ1v) is 7.58. The van der Waals surface area contributed by atoms with Gasteiger partial charge in [-0.25, -0.2) is 0 Å². The highest BCUT2D eigenvalue weighted by molar-refractivity contribution is 5.82. The molecule has 0 radical (unpaired) electrons. The minimum atomic E-state index is -0.985. The molecule has 1 aromatic carbocycles. The molecule has 0 aliphatic rings. The third-order valence-electron chi connectivity index (χ3n) is 3.21. The molecule has 0 saturated heterocycles. The van der Waals surface area contributed by atoms with Gasteiger partial charge in [0.05, 0.1) is 6.61 Å². The smallest absolute Gasteiger partial charge is 0.323 e. The van der Waals surface area contributed by atoms with Crippen LogP contribution in [0.1, 0.15) is 27.2 Å². The number of amides is 1. The Bertz CT molecular complexity index is 473.